The van der Waals surface area contributed by atoms with E-state index >= 15 is 0 Å². The molecule has 0 aliphatic heterocycles. The summed E-state index contributed by atoms with van der Waals surface area (Å²) in [5.41, 5.74) is 2.21. The highest BCUT2D eigenvalue weighted by atomic mass is 32.2. The zero-order chi connectivity index (χ0) is 13.9. The molecule has 8 heteroatoms. The fourth-order valence-electron chi connectivity index (χ4n) is 1.60. The number of thioether (sulfide) groups is 1. The number of rotatable bonds is 4. The van der Waals surface area contributed by atoms with Gasteiger partial charge in [-0.15, -0.1) is 10.2 Å². The average molecular weight is 288 g/mol. The molecular formula is C12H8N4O3S. The molecule has 0 fully saturated rings. The van der Waals surface area contributed by atoms with E-state index in [9.17, 15) is 4.79 Å². The summed E-state index contributed by atoms with van der Waals surface area (Å²) in [6, 6.07) is 5.41. The third-order valence-electron chi connectivity index (χ3n) is 2.44. The van der Waals surface area contributed by atoms with Crippen LogP contribution in [0.5, 0.6) is 0 Å². The summed E-state index contributed by atoms with van der Waals surface area (Å²) in [6.45, 7) is 0. The standard InChI is InChI=1S/C12H8N4O3S/c17-10(18)6-20-12-16-15-11(19-12)7-1-2-8-9(5-7)14-4-3-13-8/h1-5H,6H2,(H,17,18). The molecule has 1 N–H and O–H groups in total. The topological polar surface area (TPSA) is 102 Å². The van der Waals surface area contributed by atoms with Crippen LogP contribution in [0.25, 0.3) is 22.5 Å². The van der Waals surface area contributed by atoms with Gasteiger partial charge in [-0.25, -0.2) is 0 Å². The number of hydrogen-bond donors (Lipinski definition) is 1. The van der Waals surface area contributed by atoms with E-state index in [-0.39, 0.29) is 11.0 Å². The molecule has 0 radical (unpaired) electrons. The summed E-state index contributed by atoms with van der Waals surface area (Å²) in [5, 5.41) is 16.5. The maximum absolute atomic E-state index is 10.5. The first-order valence-electron chi connectivity index (χ1n) is 5.61. The summed E-state index contributed by atoms with van der Waals surface area (Å²) >= 11 is 0.980. The number of carboxylic acids is 1. The van der Waals surface area contributed by atoms with Crippen LogP contribution in [0.15, 0.2) is 40.2 Å². The van der Waals surface area contributed by atoms with Crippen LogP contribution >= 0.6 is 11.8 Å². The molecule has 20 heavy (non-hydrogen) atoms. The lowest BCUT2D eigenvalue weighted by atomic mass is 10.2. The summed E-state index contributed by atoms with van der Waals surface area (Å²) in [6.07, 6.45) is 3.23. The van der Waals surface area contributed by atoms with Gasteiger partial charge in [-0.2, -0.15) is 0 Å². The number of carboxylic acid groups (broad SMARTS) is 1. The summed E-state index contributed by atoms with van der Waals surface area (Å²) in [5.74, 6) is -0.730. The monoisotopic (exact) mass is 288 g/mol. The van der Waals surface area contributed by atoms with Crippen LogP contribution in [0, 0.1) is 0 Å². The fourth-order valence-corrected chi connectivity index (χ4v) is 2.09. The largest absolute Gasteiger partial charge is 0.481 e. The molecule has 0 unspecified atom stereocenters. The molecule has 7 nitrogen and oxygen atoms in total. The van der Waals surface area contributed by atoms with Gasteiger partial charge in [0.25, 0.3) is 5.22 Å². The van der Waals surface area contributed by atoms with Gasteiger partial charge in [-0.3, -0.25) is 14.8 Å². The molecule has 0 saturated heterocycles. The number of hydrogen-bond acceptors (Lipinski definition) is 7. The second kappa shape index (κ2) is 5.25. The number of nitrogens with zero attached hydrogens (tertiary/aromatic N) is 4. The van der Waals surface area contributed by atoms with Gasteiger partial charge in [0.15, 0.2) is 0 Å². The molecule has 0 spiro atoms. The van der Waals surface area contributed by atoms with E-state index in [4.69, 9.17) is 9.52 Å². The Balaban J connectivity index is 1.89. The van der Waals surface area contributed by atoms with Gasteiger partial charge in [0, 0.05) is 18.0 Å². The van der Waals surface area contributed by atoms with E-state index in [1.54, 1.807) is 24.5 Å². The van der Waals surface area contributed by atoms with Crippen LogP contribution in [0.2, 0.25) is 0 Å². The predicted octanol–water partition coefficient (Wildman–Crippen LogP) is 1.86. The average Bonchev–Trinajstić information content (AvgIpc) is 2.93. The van der Waals surface area contributed by atoms with Gasteiger partial charge in [0.2, 0.25) is 5.89 Å². The minimum atomic E-state index is -0.935. The van der Waals surface area contributed by atoms with Crippen LogP contribution in [0.4, 0.5) is 0 Å². The van der Waals surface area contributed by atoms with Crippen LogP contribution in [0.1, 0.15) is 0 Å². The van der Waals surface area contributed by atoms with Gasteiger partial charge in [-0.1, -0.05) is 11.8 Å². The zero-order valence-corrected chi connectivity index (χ0v) is 10.9. The Hall–Kier alpha value is -2.48. The van der Waals surface area contributed by atoms with Crippen LogP contribution < -0.4 is 0 Å². The first kappa shape index (κ1) is 12.5. The highest BCUT2D eigenvalue weighted by molar-refractivity contribution is 7.99. The first-order chi connectivity index (χ1) is 9.72. The Morgan fingerprint density at radius 3 is 2.80 bits per heavy atom. The Morgan fingerprint density at radius 2 is 2.00 bits per heavy atom. The highest BCUT2D eigenvalue weighted by Crippen LogP contribution is 2.24. The predicted molar refractivity (Wildman–Crippen MR) is 71.2 cm³/mol. The zero-order valence-electron chi connectivity index (χ0n) is 10.1. The minimum Gasteiger partial charge on any atom is -0.481 e. The van der Waals surface area contributed by atoms with Crippen molar-refractivity contribution >= 4 is 28.8 Å². The van der Waals surface area contributed by atoms with Gasteiger partial charge < -0.3 is 9.52 Å². The fraction of sp³-hybridized carbons (Fsp3) is 0.0833. The molecule has 100 valence electrons. The molecule has 3 rings (SSSR count). The molecule has 0 bridgehead atoms. The van der Waals surface area contributed by atoms with Crippen LogP contribution in [-0.4, -0.2) is 37.0 Å². The normalized spacial score (nSPS) is 10.8. The smallest absolute Gasteiger partial charge is 0.314 e. The van der Waals surface area contributed by atoms with Gasteiger partial charge in [0.05, 0.1) is 11.0 Å². The van der Waals surface area contributed by atoms with Crippen LogP contribution in [0.3, 0.4) is 0 Å². The minimum absolute atomic E-state index is 0.120. The Kier molecular flexibility index (Phi) is 3.30. The number of aliphatic carboxylic acids is 1. The van der Waals surface area contributed by atoms with E-state index < -0.39 is 5.97 Å². The maximum atomic E-state index is 10.5. The molecule has 0 saturated carbocycles. The SMILES string of the molecule is O=C(O)CSc1nnc(-c2ccc3nccnc3c2)o1. The summed E-state index contributed by atoms with van der Waals surface area (Å²) in [4.78, 5) is 18.8. The summed E-state index contributed by atoms with van der Waals surface area (Å²) in [7, 11) is 0. The number of carbonyl (C=O) groups is 1. The lowest BCUT2D eigenvalue weighted by Crippen LogP contribution is -1.97. The third-order valence-corrected chi connectivity index (χ3v) is 3.25. The van der Waals surface area contributed by atoms with Crippen molar-refractivity contribution in [2.45, 2.75) is 5.22 Å². The van der Waals surface area contributed by atoms with E-state index in [0.717, 1.165) is 22.8 Å². The maximum Gasteiger partial charge on any atom is 0.314 e. The molecule has 0 atom stereocenters. The van der Waals surface area contributed by atoms with E-state index in [1.165, 1.54) is 0 Å². The first-order valence-corrected chi connectivity index (χ1v) is 6.60. The van der Waals surface area contributed by atoms with Gasteiger partial charge in [0.1, 0.15) is 5.75 Å². The van der Waals surface area contributed by atoms with Crippen molar-refractivity contribution in [3.05, 3.63) is 30.6 Å². The van der Waals surface area contributed by atoms with Gasteiger partial charge in [-0.05, 0) is 18.2 Å². The number of fused-ring (bicyclic) bond motifs is 1. The molecule has 2 heterocycles. The lowest BCUT2D eigenvalue weighted by molar-refractivity contribution is -0.133. The molecule has 1 aromatic carbocycles. The van der Waals surface area contributed by atoms with Crippen LogP contribution in [-0.2, 0) is 4.79 Å². The summed E-state index contributed by atoms with van der Waals surface area (Å²) < 4.78 is 5.40. The van der Waals surface area contributed by atoms with Crippen molar-refractivity contribution < 1.29 is 14.3 Å². The molecule has 2 aromatic heterocycles. The molecule has 0 aliphatic rings. The molecule has 0 amide bonds. The Labute approximate surface area is 117 Å². The molecule has 3 aromatic rings. The quantitative estimate of drug-likeness (QED) is 0.726. The Bertz CT molecular complexity index is 774. The van der Waals surface area contributed by atoms with Crippen molar-refractivity contribution in [1.29, 1.82) is 0 Å². The van der Waals surface area contributed by atoms with Gasteiger partial charge >= 0.3 is 5.97 Å². The van der Waals surface area contributed by atoms with Crippen molar-refractivity contribution in [3.8, 4) is 11.5 Å². The van der Waals surface area contributed by atoms with Crippen molar-refractivity contribution in [3.63, 3.8) is 0 Å². The van der Waals surface area contributed by atoms with Crippen molar-refractivity contribution in [2.24, 2.45) is 0 Å². The second-order valence-electron chi connectivity index (χ2n) is 3.82. The lowest BCUT2D eigenvalue weighted by Gasteiger charge is -1.97. The van der Waals surface area contributed by atoms with E-state index in [0.29, 0.717) is 11.5 Å². The second-order valence-corrected chi connectivity index (χ2v) is 4.74. The molecule has 0 aliphatic carbocycles. The third kappa shape index (κ3) is 2.59. The highest BCUT2D eigenvalue weighted by Gasteiger charge is 2.11. The number of benzene rings is 1. The Morgan fingerprint density at radius 1 is 1.20 bits per heavy atom. The van der Waals surface area contributed by atoms with Crippen molar-refractivity contribution in [2.75, 3.05) is 5.75 Å². The molecular weight excluding hydrogens is 280 g/mol. The van der Waals surface area contributed by atoms with E-state index in [1.807, 2.05) is 6.07 Å². The van der Waals surface area contributed by atoms with Crippen molar-refractivity contribution in [1.82, 2.24) is 20.2 Å². The number of aromatic nitrogens is 4. The van der Waals surface area contributed by atoms with E-state index in [2.05, 4.69) is 20.2 Å².